The molecule has 4 nitrogen and oxygen atoms in total. The first-order chi connectivity index (χ1) is 12.0. The lowest BCUT2D eigenvalue weighted by Gasteiger charge is -2.35. The number of aromatic nitrogens is 3. The quantitative estimate of drug-likeness (QED) is 0.637. The lowest BCUT2D eigenvalue weighted by Crippen LogP contribution is -2.42. The third-order valence-electron chi connectivity index (χ3n) is 4.26. The molecule has 3 rings (SSSR count). The van der Waals surface area contributed by atoms with E-state index < -0.39 is 0 Å². The third-order valence-corrected chi connectivity index (χ3v) is 5.15. The molecule has 132 valence electrons. The van der Waals surface area contributed by atoms with Gasteiger partial charge < -0.3 is 0 Å². The van der Waals surface area contributed by atoms with Gasteiger partial charge in [0.25, 0.3) is 0 Å². The lowest BCUT2D eigenvalue weighted by molar-refractivity contribution is 0.119. The summed E-state index contributed by atoms with van der Waals surface area (Å²) in [7, 11) is 0. The van der Waals surface area contributed by atoms with Crippen LogP contribution in [0.4, 0.5) is 0 Å². The summed E-state index contributed by atoms with van der Waals surface area (Å²) >= 11 is 1.76. The van der Waals surface area contributed by atoms with Crippen molar-refractivity contribution in [1.82, 2.24) is 19.7 Å². The minimum Gasteiger partial charge on any atom is -0.291 e. The summed E-state index contributed by atoms with van der Waals surface area (Å²) in [6, 6.07) is 12.5. The second kappa shape index (κ2) is 7.93. The Morgan fingerprint density at radius 2 is 1.92 bits per heavy atom. The molecule has 2 aromatic heterocycles. The molecule has 0 aliphatic carbocycles. The van der Waals surface area contributed by atoms with E-state index in [1.165, 1.54) is 10.6 Å². The van der Waals surface area contributed by atoms with E-state index in [0.29, 0.717) is 0 Å². The van der Waals surface area contributed by atoms with Gasteiger partial charge in [0.1, 0.15) is 0 Å². The Hall–Kier alpha value is -1.98. The molecular formula is C20H26N4S. The maximum Gasteiger partial charge on any atom is 0.0972 e. The second-order valence-corrected chi connectivity index (χ2v) is 8.20. The monoisotopic (exact) mass is 354 g/mol. The first-order valence-corrected chi connectivity index (χ1v) is 9.58. The zero-order valence-electron chi connectivity index (χ0n) is 15.2. The van der Waals surface area contributed by atoms with Crippen molar-refractivity contribution in [1.29, 1.82) is 0 Å². The van der Waals surface area contributed by atoms with Crippen molar-refractivity contribution in [2.45, 2.75) is 45.8 Å². The van der Waals surface area contributed by atoms with Crippen LogP contribution in [0, 0.1) is 0 Å². The van der Waals surface area contributed by atoms with Gasteiger partial charge >= 0.3 is 0 Å². The molecule has 0 amide bonds. The summed E-state index contributed by atoms with van der Waals surface area (Å²) in [5, 5.41) is 7.69. The van der Waals surface area contributed by atoms with Crippen LogP contribution in [0.1, 0.15) is 37.0 Å². The average molecular weight is 355 g/mol. The lowest BCUT2D eigenvalue weighted by atomic mass is 10.1. The molecule has 2 heterocycles. The van der Waals surface area contributed by atoms with Crippen LogP contribution in [0.15, 0.2) is 54.2 Å². The topological polar surface area (TPSA) is 34.0 Å². The van der Waals surface area contributed by atoms with Gasteiger partial charge in [0.2, 0.25) is 0 Å². The molecule has 3 aromatic rings. The van der Waals surface area contributed by atoms with Crippen LogP contribution in [0.25, 0.3) is 0 Å². The molecular weight excluding hydrogens is 328 g/mol. The standard InChI is InChI=1S/C20H26N4S/c1-20(2,3)23(12-13-24-11-7-10-21-24)15-18-16-25-19(22-18)14-17-8-5-4-6-9-17/h4-11,16H,12-15H2,1-3H3. The Morgan fingerprint density at radius 1 is 1.12 bits per heavy atom. The van der Waals surface area contributed by atoms with Crippen molar-refractivity contribution in [3.05, 3.63) is 70.4 Å². The number of hydrogen-bond acceptors (Lipinski definition) is 4. The van der Waals surface area contributed by atoms with Crippen LogP contribution in [0.2, 0.25) is 0 Å². The van der Waals surface area contributed by atoms with E-state index in [2.05, 4.69) is 66.5 Å². The highest BCUT2D eigenvalue weighted by atomic mass is 32.1. The fraction of sp³-hybridized carbons (Fsp3) is 0.400. The zero-order valence-corrected chi connectivity index (χ0v) is 16.0. The van der Waals surface area contributed by atoms with E-state index in [1.807, 2.05) is 23.1 Å². The van der Waals surface area contributed by atoms with Crippen molar-refractivity contribution in [2.24, 2.45) is 0 Å². The Morgan fingerprint density at radius 3 is 2.60 bits per heavy atom. The van der Waals surface area contributed by atoms with E-state index in [-0.39, 0.29) is 5.54 Å². The van der Waals surface area contributed by atoms with E-state index in [4.69, 9.17) is 4.98 Å². The van der Waals surface area contributed by atoms with E-state index in [0.717, 1.165) is 31.7 Å². The van der Waals surface area contributed by atoms with Crippen molar-refractivity contribution in [3.8, 4) is 0 Å². The van der Waals surface area contributed by atoms with Gasteiger partial charge in [-0.1, -0.05) is 30.3 Å². The fourth-order valence-electron chi connectivity index (χ4n) is 2.78. The third kappa shape index (κ3) is 5.25. The molecule has 0 N–H and O–H groups in total. The highest BCUT2D eigenvalue weighted by Gasteiger charge is 2.22. The molecule has 0 spiro atoms. The van der Waals surface area contributed by atoms with Crippen molar-refractivity contribution < 1.29 is 0 Å². The summed E-state index contributed by atoms with van der Waals surface area (Å²) in [5.74, 6) is 0. The van der Waals surface area contributed by atoms with Gasteiger partial charge in [-0.3, -0.25) is 9.58 Å². The fourth-order valence-corrected chi connectivity index (χ4v) is 3.60. The molecule has 0 radical (unpaired) electrons. The van der Waals surface area contributed by atoms with Crippen LogP contribution in [0.3, 0.4) is 0 Å². The first kappa shape index (κ1) is 17.8. The van der Waals surface area contributed by atoms with Crippen LogP contribution >= 0.6 is 11.3 Å². The second-order valence-electron chi connectivity index (χ2n) is 7.26. The van der Waals surface area contributed by atoms with Crippen LogP contribution in [-0.4, -0.2) is 31.7 Å². The maximum absolute atomic E-state index is 4.86. The van der Waals surface area contributed by atoms with Crippen LogP contribution in [0.5, 0.6) is 0 Å². The van der Waals surface area contributed by atoms with E-state index in [1.54, 1.807) is 11.3 Å². The zero-order chi connectivity index (χ0) is 17.7. The van der Waals surface area contributed by atoms with Gasteiger partial charge in [0.15, 0.2) is 0 Å². The first-order valence-electron chi connectivity index (χ1n) is 8.70. The van der Waals surface area contributed by atoms with Gasteiger partial charge in [-0.15, -0.1) is 11.3 Å². The Balaban J connectivity index is 1.63. The van der Waals surface area contributed by atoms with Crippen LogP contribution < -0.4 is 0 Å². The molecule has 25 heavy (non-hydrogen) atoms. The number of nitrogens with zero attached hydrogens (tertiary/aromatic N) is 4. The van der Waals surface area contributed by atoms with E-state index in [9.17, 15) is 0 Å². The molecule has 0 bridgehead atoms. The number of rotatable bonds is 7. The molecule has 0 fully saturated rings. The Kier molecular flexibility index (Phi) is 5.66. The summed E-state index contributed by atoms with van der Waals surface area (Å²) < 4.78 is 1.99. The van der Waals surface area contributed by atoms with Gasteiger partial charge in [-0.25, -0.2) is 4.98 Å². The molecule has 0 atom stereocenters. The SMILES string of the molecule is CC(C)(C)N(CCn1cccn1)Cc1csc(Cc2ccccc2)n1. The summed E-state index contributed by atoms with van der Waals surface area (Å²) in [4.78, 5) is 7.33. The number of hydrogen-bond donors (Lipinski definition) is 0. The predicted octanol–water partition coefficient (Wildman–Crippen LogP) is 4.23. The summed E-state index contributed by atoms with van der Waals surface area (Å²) in [6.07, 6.45) is 4.76. The van der Waals surface area contributed by atoms with Gasteiger partial charge in [-0.05, 0) is 32.4 Å². The minimum atomic E-state index is 0.0936. The molecule has 0 aliphatic rings. The normalized spacial score (nSPS) is 12.0. The van der Waals surface area contributed by atoms with Crippen molar-refractivity contribution >= 4 is 11.3 Å². The molecule has 0 saturated carbocycles. The summed E-state index contributed by atoms with van der Waals surface area (Å²) in [6.45, 7) is 9.49. The minimum absolute atomic E-state index is 0.0936. The number of benzene rings is 1. The molecule has 1 aromatic carbocycles. The summed E-state index contributed by atoms with van der Waals surface area (Å²) in [5.41, 5.74) is 2.57. The molecule has 0 unspecified atom stereocenters. The highest BCUT2D eigenvalue weighted by molar-refractivity contribution is 7.09. The Bertz CT molecular complexity index is 757. The average Bonchev–Trinajstić information content (AvgIpc) is 3.23. The molecule has 0 aliphatic heterocycles. The highest BCUT2D eigenvalue weighted by Crippen LogP contribution is 2.20. The van der Waals surface area contributed by atoms with Crippen molar-refractivity contribution in [3.63, 3.8) is 0 Å². The smallest absolute Gasteiger partial charge is 0.0972 e. The molecule has 5 heteroatoms. The van der Waals surface area contributed by atoms with Crippen molar-refractivity contribution in [2.75, 3.05) is 6.54 Å². The van der Waals surface area contributed by atoms with Gasteiger partial charge in [0, 0.05) is 42.8 Å². The van der Waals surface area contributed by atoms with Crippen LogP contribution in [-0.2, 0) is 19.5 Å². The number of thiazole rings is 1. The van der Waals surface area contributed by atoms with Gasteiger partial charge in [-0.2, -0.15) is 5.10 Å². The van der Waals surface area contributed by atoms with E-state index >= 15 is 0 Å². The molecule has 0 saturated heterocycles. The maximum atomic E-state index is 4.86. The Labute approximate surface area is 154 Å². The predicted molar refractivity (Wildman–Crippen MR) is 104 cm³/mol. The largest absolute Gasteiger partial charge is 0.291 e. The van der Waals surface area contributed by atoms with Gasteiger partial charge in [0.05, 0.1) is 17.2 Å².